The van der Waals surface area contributed by atoms with Crippen molar-refractivity contribution in [1.82, 2.24) is 5.32 Å². The van der Waals surface area contributed by atoms with Gasteiger partial charge in [-0.1, -0.05) is 0 Å². The predicted molar refractivity (Wildman–Crippen MR) is 71.6 cm³/mol. The van der Waals surface area contributed by atoms with E-state index in [2.05, 4.69) is 32.3 Å². The molecule has 0 saturated heterocycles. The summed E-state index contributed by atoms with van der Waals surface area (Å²) in [6.45, 7) is 8.00. The van der Waals surface area contributed by atoms with Crippen molar-refractivity contribution in [3.8, 4) is 0 Å². The van der Waals surface area contributed by atoms with Crippen LogP contribution in [0.3, 0.4) is 0 Å². The Balaban J connectivity index is 2.10. The summed E-state index contributed by atoms with van der Waals surface area (Å²) in [5, 5.41) is 3.64. The molecular weight excluding hydrogens is 202 g/mol. The number of nitrogens with one attached hydrogen (secondary N) is 1. The van der Waals surface area contributed by atoms with E-state index in [-0.39, 0.29) is 0 Å². The van der Waals surface area contributed by atoms with Gasteiger partial charge >= 0.3 is 0 Å². The number of hydrogen-bond donors (Lipinski definition) is 1. The van der Waals surface area contributed by atoms with Gasteiger partial charge in [0.2, 0.25) is 0 Å². The van der Waals surface area contributed by atoms with E-state index in [9.17, 15) is 0 Å². The van der Waals surface area contributed by atoms with Crippen LogP contribution in [0, 0.1) is 11.8 Å². The zero-order valence-corrected chi connectivity index (χ0v) is 11.6. The van der Waals surface area contributed by atoms with Crippen molar-refractivity contribution in [3.63, 3.8) is 0 Å². The molecule has 0 radical (unpaired) electrons. The normalized spacial score (nSPS) is 26.4. The molecule has 1 nitrogen and oxygen atoms in total. The Bertz CT molecular complexity index is 174. The molecule has 0 spiro atoms. The van der Waals surface area contributed by atoms with E-state index in [0.717, 1.165) is 11.8 Å². The molecule has 1 aliphatic rings. The lowest BCUT2D eigenvalue weighted by molar-refractivity contribution is 0.149. The summed E-state index contributed by atoms with van der Waals surface area (Å²) in [5.74, 6) is 3.33. The SMILES string of the molecule is CSCCCC1CCC1CNC(C)(C)C. The van der Waals surface area contributed by atoms with E-state index in [4.69, 9.17) is 0 Å². The van der Waals surface area contributed by atoms with E-state index in [1.807, 2.05) is 11.8 Å². The van der Waals surface area contributed by atoms with Gasteiger partial charge in [-0.05, 0) is 76.8 Å². The molecule has 0 bridgehead atoms. The van der Waals surface area contributed by atoms with Gasteiger partial charge in [-0.3, -0.25) is 0 Å². The zero-order valence-electron chi connectivity index (χ0n) is 10.8. The highest BCUT2D eigenvalue weighted by molar-refractivity contribution is 7.98. The fourth-order valence-corrected chi connectivity index (χ4v) is 2.67. The molecule has 2 heteroatoms. The minimum absolute atomic E-state index is 0.291. The lowest BCUT2D eigenvalue weighted by Gasteiger charge is -2.39. The van der Waals surface area contributed by atoms with Crippen LogP contribution < -0.4 is 5.32 Å². The summed E-state index contributed by atoms with van der Waals surface area (Å²) < 4.78 is 0. The summed E-state index contributed by atoms with van der Waals surface area (Å²) in [6.07, 6.45) is 8.01. The van der Waals surface area contributed by atoms with Crippen LogP contribution in [0.1, 0.15) is 46.5 Å². The molecule has 15 heavy (non-hydrogen) atoms. The molecule has 0 heterocycles. The van der Waals surface area contributed by atoms with Crippen LogP contribution in [0.25, 0.3) is 0 Å². The summed E-state index contributed by atoms with van der Waals surface area (Å²) in [6, 6.07) is 0. The molecule has 2 atom stereocenters. The summed E-state index contributed by atoms with van der Waals surface area (Å²) >= 11 is 1.98. The Morgan fingerprint density at radius 2 is 1.87 bits per heavy atom. The predicted octanol–water partition coefficient (Wildman–Crippen LogP) is 3.54. The standard InChI is InChI=1S/C13H27NS/c1-13(2,3)14-10-12-8-7-11(12)6-5-9-15-4/h11-12,14H,5-10H2,1-4H3. The second kappa shape index (κ2) is 6.15. The monoisotopic (exact) mass is 229 g/mol. The molecule has 1 fully saturated rings. The highest BCUT2D eigenvalue weighted by atomic mass is 32.2. The van der Waals surface area contributed by atoms with E-state index in [0.29, 0.717) is 5.54 Å². The molecule has 1 rings (SSSR count). The molecule has 1 aliphatic carbocycles. The topological polar surface area (TPSA) is 12.0 Å². The summed E-state index contributed by atoms with van der Waals surface area (Å²) in [5.41, 5.74) is 0.291. The Labute approximate surface area is 99.8 Å². The highest BCUT2D eigenvalue weighted by Crippen LogP contribution is 2.37. The van der Waals surface area contributed by atoms with Crippen molar-refractivity contribution in [2.75, 3.05) is 18.6 Å². The van der Waals surface area contributed by atoms with Crippen molar-refractivity contribution in [3.05, 3.63) is 0 Å². The van der Waals surface area contributed by atoms with Gasteiger partial charge in [-0.25, -0.2) is 0 Å². The van der Waals surface area contributed by atoms with Crippen LogP contribution in [-0.2, 0) is 0 Å². The van der Waals surface area contributed by atoms with Crippen LogP contribution in [0.5, 0.6) is 0 Å². The van der Waals surface area contributed by atoms with Gasteiger partial charge in [0.05, 0.1) is 0 Å². The maximum absolute atomic E-state index is 3.64. The first kappa shape index (κ1) is 13.4. The Kier molecular flexibility index (Phi) is 5.48. The van der Waals surface area contributed by atoms with E-state index in [1.54, 1.807) is 0 Å². The lowest BCUT2D eigenvalue weighted by Crippen LogP contribution is -2.43. The Morgan fingerprint density at radius 3 is 2.33 bits per heavy atom. The smallest absolute Gasteiger partial charge is 0.00966 e. The molecule has 0 aromatic rings. The number of hydrogen-bond acceptors (Lipinski definition) is 2. The fraction of sp³-hybridized carbons (Fsp3) is 1.00. The Hall–Kier alpha value is 0.310. The van der Waals surface area contributed by atoms with Crippen molar-refractivity contribution >= 4 is 11.8 Å². The van der Waals surface area contributed by atoms with E-state index < -0.39 is 0 Å². The maximum Gasteiger partial charge on any atom is 0.00966 e. The summed E-state index contributed by atoms with van der Waals surface area (Å²) in [7, 11) is 0. The number of thioether (sulfide) groups is 1. The molecule has 1 N–H and O–H groups in total. The molecule has 0 aromatic heterocycles. The van der Waals surface area contributed by atoms with Gasteiger partial charge in [0.25, 0.3) is 0 Å². The molecule has 1 saturated carbocycles. The third-order valence-electron chi connectivity index (χ3n) is 3.39. The van der Waals surface area contributed by atoms with Crippen molar-refractivity contribution in [1.29, 1.82) is 0 Å². The number of rotatable bonds is 6. The first-order valence-electron chi connectivity index (χ1n) is 6.27. The lowest BCUT2D eigenvalue weighted by atomic mass is 9.71. The van der Waals surface area contributed by atoms with E-state index >= 15 is 0 Å². The third-order valence-corrected chi connectivity index (χ3v) is 4.09. The molecule has 2 unspecified atom stereocenters. The van der Waals surface area contributed by atoms with Gasteiger partial charge in [0, 0.05) is 5.54 Å². The van der Waals surface area contributed by atoms with Crippen LogP contribution in [0.2, 0.25) is 0 Å². The first-order chi connectivity index (χ1) is 7.03. The molecule has 0 amide bonds. The largest absolute Gasteiger partial charge is 0.312 e. The van der Waals surface area contributed by atoms with Crippen molar-refractivity contribution in [2.24, 2.45) is 11.8 Å². The average Bonchev–Trinajstić information content (AvgIpc) is 2.08. The van der Waals surface area contributed by atoms with Gasteiger partial charge < -0.3 is 5.32 Å². The third kappa shape index (κ3) is 5.26. The van der Waals surface area contributed by atoms with Crippen LogP contribution >= 0.6 is 11.8 Å². The van der Waals surface area contributed by atoms with Crippen molar-refractivity contribution in [2.45, 2.75) is 52.0 Å². The quantitative estimate of drug-likeness (QED) is 0.699. The minimum Gasteiger partial charge on any atom is -0.312 e. The van der Waals surface area contributed by atoms with Gasteiger partial charge in [0.1, 0.15) is 0 Å². The molecule has 90 valence electrons. The molecular formula is C13H27NS. The minimum atomic E-state index is 0.291. The van der Waals surface area contributed by atoms with Crippen molar-refractivity contribution < 1.29 is 0 Å². The highest BCUT2D eigenvalue weighted by Gasteiger charge is 2.30. The van der Waals surface area contributed by atoms with Gasteiger partial charge in [-0.15, -0.1) is 0 Å². The molecule has 0 aliphatic heterocycles. The maximum atomic E-state index is 3.64. The van der Waals surface area contributed by atoms with Gasteiger partial charge in [-0.2, -0.15) is 11.8 Å². The fourth-order valence-electron chi connectivity index (χ4n) is 2.21. The first-order valence-corrected chi connectivity index (χ1v) is 7.66. The molecule has 0 aromatic carbocycles. The summed E-state index contributed by atoms with van der Waals surface area (Å²) in [4.78, 5) is 0. The van der Waals surface area contributed by atoms with Crippen LogP contribution in [0.15, 0.2) is 0 Å². The second-order valence-corrected chi connectivity index (χ2v) is 6.85. The van der Waals surface area contributed by atoms with Gasteiger partial charge in [0.15, 0.2) is 0 Å². The van der Waals surface area contributed by atoms with Crippen LogP contribution in [-0.4, -0.2) is 24.1 Å². The Morgan fingerprint density at radius 1 is 1.20 bits per heavy atom. The van der Waals surface area contributed by atoms with E-state index in [1.165, 1.54) is 38.0 Å². The zero-order chi connectivity index (χ0) is 11.3. The van der Waals surface area contributed by atoms with Crippen LogP contribution in [0.4, 0.5) is 0 Å². The average molecular weight is 229 g/mol. The second-order valence-electron chi connectivity index (χ2n) is 5.86.